The van der Waals surface area contributed by atoms with Crippen molar-refractivity contribution in [2.75, 3.05) is 19.6 Å². The highest BCUT2D eigenvalue weighted by molar-refractivity contribution is 5.40. The smallest absolute Gasteiger partial charge is 0.0475 e. The van der Waals surface area contributed by atoms with E-state index in [-0.39, 0.29) is 0 Å². The summed E-state index contributed by atoms with van der Waals surface area (Å²) in [5, 5.41) is 0. The quantitative estimate of drug-likeness (QED) is 0.903. The molecule has 2 nitrogen and oxygen atoms in total. The van der Waals surface area contributed by atoms with Gasteiger partial charge in [0.1, 0.15) is 0 Å². The molecule has 1 saturated heterocycles. The van der Waals surface area contributed by atoms with Gasteiger partial charge in [0.2, 0.25) is 0 Å². The third-order valence-corrected chi connectivity index (χ3v) is 5.19. The van der Waals surface area contributed by atoms with Gasteiger partial charge < -0.3 is 5.73 Å². The molecule has 2 heteroatoms. The maximum absolute atomic E-state index is 6.19. The van der Waals surface area contributed by atoms with Crippen LogP contribution in [0.3, 0.4) is 0 Å². The van der Waals surface area contributed by atoms with E-state index < -0.39 is 0 Å². The zero-order valence-corrected chi connectivity index (χ0v) is 14.3. The second kappa shape index (κ2) is 7.42. The number of nitrogens with zero attached hydrogens (tertiary/aromatic N) is 1. The molecular formula is C19H32N2. The number of likely N-dealkylation sites (tertiary alicyclic amines) is 1. The highest BCUT2D eigenvalue weighted by Crippen LogP contribution is 2.31. The summed E-state index contributed by atoms with van der Waals surface area (Å²) in [6, 6.07) is 5.00. The molecule has 2 atom stereocenters. The Balaban J connectivity index is 2.23. The first kappa shape index (κ1) is 16.5. The van der Waals surface area contributed by atoms with Crippen LogP contribution < -0.4 is 5.73 Å². The van der Waals surface area contributed by atoms with Gasteiger partial charge in [-0.15, -0.1) is 0 Å². The molecule has 1 heterocycles. The molecule has 1 aliphatic rings. The average Bonchev–Trinajstić information content (AvgIpc) is 2.67. The van der Waals surface area contributed by atoms with E-state index >= 15 is 0 Å². The van der Waals surface area contributed by atoms with Crippen molar-refractivity contribution >= 4 is 0 Å². The van der Waals surface area contributed by atoms with Crippen molar-refractivity contribution in [3.63, 3.8) is 0 Å². The molecule has 0 aromatic heterocycles. The van der Waals surface area contributed by atoms with E-state index in [0.717, 1.165) is 12.5 Å². The Morgan fingerprint density at radius 2 is 1.81 bits per heavy atom. The van der Waals surface area contributed by atoms with Crippen LogP contribution in [0.2, 0.25) is 0 Å². The van der Waals surface area contributed by atoms with Crippen LogP contribution >= 0.6 is 0 Å². The molecule has 2 unspecified atom stereocenters. The van der Waals surface area contributed by atoms with E-state index in [1.54, 1.807) is 0 Å². The second-order valence-electron chi connectivity index (χ2n) is 6.81. The van der Waals surface area contributed by atoms with E-state index in [1.807, 2.05) is 0 Å². The fourth-order valence-corrected chi connectivity index (χ4v) is 4.07. The lowest BCUT2D eigenvalue weighted by Gasteiger charge is -2.32. The van der Waals surface area contributed by atoms with Crippen LogP contribution in [0.25, 0.3) is 0 Å². The Kier molecular flexibility index (Phi) is 5.83. The molecule has 1 aromatic rings. The number of aryl methyl sites for hydroxylation is 3. The molecule has 0 saturated carbocycles. The van der Waals surface area contributed by atoms with Crippen LogP contribution in [-0.2, 0) is 0 Å². The molecule has 0 amide bonds. The predicted molar refractivity (Wildman–Crippen MR) is 91.7 cm³/mol. The minimum atomic E-state index is 0.390. The minimum absolute atomic E-state index is 0.390. The molecule has 0 radical (unpaired) electrons. The zero-order chi connectivity index (χ0) is 15.4. The summed E-state index contributed by atoms with van der Waals surface area (Å²) >= 11 is 0. The minimum Gasteiger partial charge on any atom is -0.329 e. The van der Waals surface area contributed by atoms with Gasteiger partial charge in [-0.25, -0.2) is 0 Å². The largest absolute Gasteiger partial charge is 0.329 e. The lowest BCUT2D eigenvalue weighted by atomic mass is 9.93. The predicted octanol–water partition coefficient (Wildman–Crippen LogP) is 4.12. The molecule has 2 rings (SSSR count). The first-order valence-corrected chi connectivity index (χ1v) is 8.58. The molecule has 1 fully saturated rings. The molecule has 0 aliphatic carbocycles. The van der Waals surface area contributed by atoms with Gasteiger partial charge in [-0.1, -0.05) is 31.0 Å². The van der Waals surface area contributed by atoms with Crippen molar-refractivity contribution in [1.29, 1.82) is 0 Å². The summed E-state index contributed by atoms with van der Waals surface area (Å²) in [6.07, 6.45) is 5.36. The van der Waals surface area contributed by atoms with Crippen molar-refractivity contribution in [3.8, 4) is 0 Å². The standard InChI is InChI=1S/C19H32N2/c1-5-17-7-6-9-21(10-8-17)18(13-20)19-15(3)11-14(2)12-16(19)4/h11-12,17-18H,5-10,13,20H2,1-4H3. The number of rotatable bonds is 4. The van der Waals surface area contributed by atoms with Crippen LogP contribution in [0.5, 0.6) is 0 Å². The van der Waals surface area contributed by atoms with Crippen molar-refractivity contribution in [2.45, 2.75) is 59.4 Å². The molecule has 1 aromatic carbocycles. The Hall–Kier alpha value is -0.860. The van der Waals surface area contributed by atoms with Gasteiger partial charge in [0.25, 0.3) is 0 Å². The van der Waals surface area contributed by atoms with Gasteiger partial charge in [-0.2, -0.15) is 0 Å². The summed E-state index contributed by atoms with van der Waals surface area (Å²) in [6.45, 7) is 12.1. The van der Waals surface area contributed by atoms with Crippen LogP contribution in [0.4, 0.5) is 0 Å². The zero-order valence-electron chi connectivity index (χ0n) is 14.3. The Morgan fingerprint density at radius 1 is 1.14 bits per heavy atom. The van der Waals surface area contributed by atoms with Crippen LogP contribution in [0.1, 0.15) is 60.9 Å². The third-order valence-electron chi connectivity index (χ3n) is 5.19. The lowest BCUT2D eigenvalue weighted by Crippen LogP contribution is -2.35. The van der Waals surface area contributed by atoms with Gasteiger partial charge in [0.05, 0.1) is 0 Å². The van der Waals surface area contributed by atoms with Crippen LogP contribution in [0.15, 0.2) is 12.1 Å². The Labute approximate surface area is 130 Å². The first-order valence-electron chi connectivity index (χ1n) is 8.58. The van der Waals surface area contributed by atoms with Crippen LogP contribution in [-0.4, -0.2) is 24.5 Å². The summed E-state index contributed by atoms with van der Waals surface area (Å²) in [5.41, 5.74) is 11.8. The molecule has 0 bridgehead atoms. The number of hydrogen-bond donors (Lipinski definition) is 1. The molecule has 0 spiro atoms. The first-order chi connectivity index (χ1) is 10.1. The van der Waals surface area contributed by atoms with Gasteiger partial charge in [-0.3, -0.25) is 4.90 Å². The number of benzene rings is 1. The van der Waals surface area contributed by atoms with E-state index in [1.165, 1.54) is 61.0 Å². The molecule has 118 valence electrons. The maximum atomic E-state index is 6.19. The topological polar surface area (TPSA) is 29.3 Å². The summed E-state index contributed by atoms with van der Waals surface area (Å²) in [4.78, 5) is 2.64. The van der Waals surface area contributed by atoms with Gasteiger partial charge in [0.15, 0.2) is 0 Å². The van der Waals surface area contributed by atoms with E-state index in [9.17, 15) is 0 Å². The summed E-state index contributed by atoms with van der Waals surface area (Å²) in [7, 11) is 0. The maximum Gasteiger partial charge on any atom is 0.0475 e. The Morgan fingerprint density at radius 3 is 2.38 bits per heavy atom. The number of nitrogens with two attached hydrogens (primary N) is 1. The highest BCUT2D eigenvalue weighted by Gasteiger charge is 2.25. The van der Waals surface area contributed by atoms with E-state index in [4.69, 9.17) is 5.73 Å². The van der Waals surface area contributed by atoms with Crippen molar-refractivity contribution in [3.05, 3.63) is 34.4 Å². The molecule has 21 heavy (non-hydrogen) atoms. The fraction of sp³-hybridized carbons (Fsp3) is 0.684. The summed E-state index contributed by atoms with van der Waals surface area (Å²) in [5.74, 6) is 0.911. The molecular weight excluding hydrogens is 256 g/mol. The van der Waals surface area contributed by atoms with Gasteiger partial charge in [-0.05, 0) is 75.7 Å². The molecule has 1 aliphatic heterocycles. The summed E-state index contributed by atoms with van der Waals surface area (Å²) < 4.78 is 0. The SMILES string of the molecule is CCC1CCCN(C(CN)c2c(C)cc(C)cc2C)CC1. The Bertz CT molecular complexity index is 444. The average molecular weight is 288 g/mol. The number of hydrogen-bond acceptors (Lipinski definition) is 2. The van der Waals surface area contributed by atoms with Gasteiger partial charge >= 0.3 is 0 Å². The molecule has 2 N–H and O–H groups in total. The van der Waals surface area contributed by atoms with Gasteiger partial charge in [0, 0.05) is 12.6 Å². The van der Waals surface area contributed by atoms with E-state index in [2.05, 4.69) is 44.7 Å². The van der Waals surface area contributed by atoms with Crippen molar-refractivity contribution < 1.29 is 0 Å². The van der Waals surface area contributed by atoms with Crippen molar-refractivity contribution in [1.82, 2.24) is 4.90 Å². The monoisotopic (exact) mass is 288 g/mol. The third kappa shape index (κ3) is 3.87. The lowest BCUT2D eigenvalue weighted by molar-refractivity contribution is 0.205. The van der Waals surface area contributed by atoms with Crippen LogP contribution in [0, 0.1) is 26.7 Å². The van der Waals surface area contributed by atoms with Crippen molar-refractivity contribution in [2.24, 2.45) is 11.7 Å². The normalized spacial score (nSPS) is 22.0. The highest BCUT2D eigenvalue weighted by atomic mass is 15.2. The fourth-order valence-electron chi connectivity index (χ4n) is 4.07. The second-order valence-corrected chi connectivity index (χ2v) is 6.81. The van der Waals surface area contributed by atoms with E-state index in [0.29, 0.717) is 6.04 Å².